The molecule has 2 aromatic rings. The van der Waals surface area contributed by atoms with Gasteiger partial charge >= 0.3 is 5.97 Å². The molecule has 4 heteroatoms. The molecule has 0 bridgehead atoms. The summed E-state index contributed by atoms with van der Waals surface area (Å²) in [6.45, 7) is 2.23. The highest BCUT2D eigenvalue weighted by atomic mass is 35.5. The molecule has 0 radical (unpaired) electrons. The van der Waals surface area contributed by atoms with Crippen molar-refractivity contribution in [2.45, 2.75) is 12.5 Å². The molecule has 0 amide bonds. The van der Waals surface area contributed by atoms with Gasteiger partial charge in [-0.1, -0.05) is 60.7 Å². The van der Waals surface area contributed by atoms with Crippen molar-refractivity contribution >= 4 is 18.4 Å². The minimum Gasteiger partial charge on any atom is -0.481 e. The highest BCUT2D eigenvalue weighted by Crippen LogP contribution is 2.33. The lowest BCUT2D eigenvalue weighted by atomic mass is 9.89. The van der Waals surface area contributed by atoms with Crippen molar-refractivity contribution < 1.29 is 9.90 Å². The summed E-state index contributed by atoms with van der Waals surface area (Å²) < 4.78 is 0. The van der Waals surface area contributed by atoms with Crippen molar-refractivity contribution in [3.05, 3.63) is 71.8 Å². The predicted octanol–water partition coefficient (Wildman–Crippen LogP) is 3.41. The van der Waals surface area contributed by atoms with Crippen LogP contribution in [0.15, 0.2) is 60.7 Å². The minimum absolute atomic E-state index is 0. The van der Waals surface area contributed by atoms with Crippen molar-refractivity contribution in [2.24, 2.45) is 5.92 Å². The van der Waals surface area contributed by atoms with Crippen molar-refractivity contribution in [1.29, 1.82) is 0 Å². The first-order valence-corrected chi connectivity index (χ1v) is 7.28. The Morgan fingerprint density at radius 1 is 1.00 bits per heavy atom. The van der Waals surface area contributed by atoms with Crippen LogP contribution in [-0.4, -0.2) is 29.1 Å². The fraction of sp³-hybridized carbons (Fsp3) is 0.278. The number of carboxylic acids is 1. The summed E-state index contributed by atoms with van der Waals surface area (Å²) in [5.41, 5.74) is 2.36. The van der Waals surface area contributed by atoms with Gasteiger partial charge in [-0.05, 0) is 11.1 Å². The molecular weight excluding hydrogens is 298 g/mol. The highest BCUT2D eigenvalue weighted by Gasteiger charge is 2.38. The number of halogens is 1. The fourth-order valence-corrected chi connectivity index (χ4v) is 3.14. The minimum atomic E-state index is -0.695. The maximum Gasteiger partial charge on any atom is 0.308 e. The van der Waals surface area contributed by atoms with E-state index in [1.807, 2.05) is 48.5 Å². The summed E-state index contributed by atoms with van der Waals surface area (Å²) >= 11 is 0. The van der Waals surface area contributed by atoms with Gasteiger partial charge in [0.25, 0.3) is 0 Å². The van der Waals surface area contributed by atoms with Crippen molar-refractivity contribution in [1.82, 2.24) is 4.90 Å². The number of carboxylic acid groups (broad SMARTS) is 1. The van der Waals surface area contributed by atoms with Crippen molar-refractivity contribution in [3.63, 3.8) is 0 Å². The molecule has 116 valence electrons. The normalized spacial score (nSPS) is 21.3. The molecule has 1 aliphatic heterocycles. The fourth-order valence-electron chi connectivity index (χ4n) is 3.14. The van der Waals surface area contributed by atoms with Crippen LogP contribution < -0.4 is 0 Å². The first-order chi connectivity index (χ1) is 10.2. The molecule has 1 N–H and O–H groups in total. The Morgan fingerprint density at radius 2 is 1.59 bits per heavy atom. The molecule has 1 fully saturated rings. The Balaban J connectivity index is 0.00000176. The van der Waals surface area contributed by atoms with Gasteiger partial charge in [0.1, 0.15) is 0 Å². The number of benzene rings is 2. The van der Waals surface area contributed by atoms with E-state index < -0.39 is 5.97 Å². The molecule has 2 aromatic carbocycles. The third-order valence-electron chi connectivity index (χ3n) is 4.19. The van der Waals surface area contributed by atoms with Crippen LogP contribution in [0.2, 0.25) is 0 Å². The van der Waals surface area contributed by atoms with Gasteiger partial charge in [-0.25, -0.2) is 0 Å². The molecule has 0 spiro atoms. The molecule has 3 nitrogen and oxygen atoms in total. The molecule has 3 rings (SSSR count). The van der Waals surface area contributed by atoms with E-state index in [2.05, 4.69) is 17.0 Å². The lowest BCUT2D eigenvalue weighted by Gasteiger charge is -2.16. The van der Waals surface area contributed by atoms with E-state index in [1.54, 1.807) is 0 Å². The number of rotatable bonds is 4. The average molecular weight is 318 g/mol. The van der Waals surface area contributed by atoms with E-state index in [0.717, 1.165) is 18.7 Å². The smallest absolute Gasteiger partial charge is 0.308 e. The lowest BCUT2D eigenvalue weighted by Crippen LogP contribution is -2.23. The summed E-state index contributed by atoms with van der Waals surface area (Å²) in [4.78, 5) is 13.8. The van der Waals surface area contributed by atoms with Crippen LogP contribution >= 0.6 is 12.4 Å². The number of hydrogen-bond donors (Lipinski definition) is 1. The second-order valence-electron chi connectivity index (χ2n) is 5.64. The van der Waals surface area contributed by atoms with Gasteiger partial charge in [-0.15, -0.1) is 12.4 Å². The van der Waals surface area contributed by atoms with Gasteiger partial charge in [0.2, 0.25) is 0 Å². The van der Waals surface area contributed by atoms with Crippen molar-refractivity contribution in [3.8, 4) is 0 Å². The number of carbonyl (C=O) groups is 1. The van der Waals surface area contributed by atoms with E-state index in [0.29, 0.717) is 6.54 Å². The first-order valence-electron chi connectivity index (χ1n) is 7.28. The highest BCUT2D eigenvalue weighted by molar-refractivity contribution is 5.85. The zero-order valence-electron chi connectivity index (χ0n) is 12.3. The third-order valence-corrected chi connectivity index (χ3v) is 4.19. The number of hydrogen-bond acceptors (Lipinski definition) is 2. The molecule has 0 aliphatic carbocycles. The van der Waals surface area contributed by atoms with E-state index in [-0.39, 0.29) is 24.2 Å². The molecule has 0 saturated carbocycles. The largest absolute Gasteiger partial charge is 0.481 e. The Hall–Kier alpha value is -1.84. The van der Waals surface area contributed by atoms with Gasteiger partial charge < -0.3 is 5.11 Å². The maximum atomic E-state index is 11.6. The maximum absolute atomic E-state index is 11.6. The van der Waals surface area contributed by atoms with Crippen LogP contribution in [0.4, 0.5) is 0 Å². The van der Waals surface area contributed by atoms with Crippen LogP contribution in [0.25, 0.3) is 0 Å². The van der Waals surface area contributed by atoms with E-state index >= 15 is 0 Å². The van der Waals surface area contributed by atoms with Gasteiger partial charge in [-0.3, -0.25) is 9.69 Å². The van der Waals surface area contributed by atoms with Crippen LogP contribution in [0.5, 0.6) is 0 Å². The standard InChI is InChI=1S/C18H19NO2.ClH/c20-18(21)17-13-19(11-14-7-3-1-4-8-14)12-16(17)15-9-5-2-6-10-15;/h1-10,16-17H,11-13H2,(H,20,21);1H/t16-,17+;/m0./s1. The summed E-state index contributed by atoms with van der Waals surface area (Å²) in [7, 11) is 0. The second-order valence-corrected chi connectivity index (χ2v) is 5.64. The van der Waals surface area contributed by atoms with Crippen molar-refractivity contribution in [2.75, 3.05) is 13.1 Å². The number of aliphatic carboxylic acids is 1. The van der Waals surface area contributed by atoms with Gasteiger partial charge in [0.05, 0.1) is 5.92 Å². The monoisotopic (exact) mass is 317 g/mol. The van der Waals surface area contributed by atoms with E-state index in [9.17, 15) is 9.90 Å². The molecule has 0 aromatic heterocycles. The summed E-state index contributed by atoms with van der Waals surface area (Å²) in [6.07, 6.45) is 0. The first kappa shape index (κ1) is 16.5. The third kappa shape index (κ3) is 3.67. The van der Waals surface area contributed by atoms with Gasteiger partial charge in [0.15, 0.2) is 0 Å². The topological polar surface area (TPSA) is 40.5 Å². The van der Waals surface area contributed by atoms with Crippen LogP contribution in [-0.2, 0) is 11.3 Å². The number of nitrogens with zero attached hydrogens (tertiary/aromatic N) is 1. The molecule has 1 aliphatic rings. The quantitative estimate of drug-likeness (QED) is 0.939. The van der Waals surface area contributed by atoms with Crippen LogP contribution in [0, 0.1) is 5.92 Å². The Kier molecular flexibility index (Phi) is 5.58. The Bertz CT molecular complexity index is 603. The molecule has 1 saturated heterocycles. The molecule has 2 atom stereocenters. The second kappa shape index (κ2) is 7.43. The molecule has 1 heterocycles. The van der Waals surface area contributed by atoms with E-state index in [4.69, 9.17) is 0 Å². The van der Waals surface area contributed by atoms with Gasteiger partial charge in [-0.2, -0.15) is 0 Å². The SMILES string of the molecule is Cl.O=C(O)[C@@H]1CN(Cc2ccccc2)C[C@H]1c1ccccc1. The summed E-state index contributed by atoms with van der Waals surface area (Å²) in [5.74, 6) is -0.942. The van der Waals surface area contributed by atoms with Gasteiger partial charge in [0, 0.05) is 25.6 Å². The average Bonchev–Trinajstić information content (AvgIpc) is 2.93. The van der Waals surface area contributed by atoms with E-state index in [1.165, 1.54) is 5.56 Å². The zero-order chi connectivity index (χ0) is 14.7. The van der Waals surface area contributed by atoms with Crippen LogP contribution in [0.3, 0.4) is 0 Å². The number of likely N-dealkylation sites (tertiary alicyclic amines) is 1. The zero-order valence-corrected chi connectivity index (χ0v) is 13.1. The molecule has 22 heavy (non-hydrogen) atoms. The Labute approximate surface area is 137 Å². The molecule has 0 unspecified atom stereocenters. The summed E-state index contributed by atoms with van der Waals surface area (Å²) in [6, 6.07) is 20.2. The summed E-state index contributed by atoms with van der Waals surface area (Å²) in [5, 5.41) is 9.50. The lowest BCUT2D eigenvalue weighted by molar-refractivity contribution is -0.141. The van der Waals surface area contributed by atoms with Crippen LogP contribution in [0.1, 0.15) is 17.0 Å². The molecular formula is C18H20ClNO2. The Morgan fingerprint density at radius 3 is 2.18 bits per heavy atom. The predicted molar refractivity (Wildman–Crippen MR) is 89.3 cm³/mol.